The average Bonchev–Trinajstić information content (AvgIpc) is 2.24. The van der Waals surface area contributed by atoms with Gasteiger partial charge in [-0.05, 0) is 12.1 Å². The Kier molecular flexibility index (Phi) is 2.54. The third kappa shape index (κ3) is 1.85. The van der Waals surface area contributed by atoms with E-state index in [1.807, 2.05) is 0 Å². The summed E-state index contributed by atoms with van der Waals surface area (Å²) < 4.78 is 9.76. The highest BCUT2D eigenvalue weighted by Crippen LogP contribution is 2.39. The first kappa shape index (κ1) is 10.5. The summed E-state index contributed by atoms with van der Waals surface area (Å²) >= 11 is 5.83. The molecule has 0 spiro atoms. The molecule has 0 aliphatic carbocycles. The number of ether oxygens (including phenoxy) is 2. The van der Waals surface area contributed by atoms with Crippen molar-refractivity contribution in [2.24, 2.45) is 0 Å². The lowest BCUT2D eigenvalue weighted by molar-refractivity contribution is -0.133. The third-order valence-corrected chi connectivity index (χ3v) is 2.25. The van der Waals surface area contributed by atoms with Gasteiger partial charge in [-0.2, -0.15) is 0 Å². The first-order chi connectivity index (χ1) is 7.58. The van der Waals surface area contributed by atoms with Crippen LogP contribution in [0.1, 0.15) is 0 Å². The summed E-state index contributed by atoms with van der Waals surface area (Å²) in [4.78, 5) is 22.3. The molecule has 0 unspecified atom stereocenters. The molecule has 2 N–H and O–H groups in total. The Morgan fingerprint density at radius 3 is 2.38 bits per heavy atom. The number of halogens is 1. The quantitative estimate of drug-likeness (QED) is 0.419. The van der Waals surface area contributed by atoms with Crippen LogP contribution >= 0.6 is 11.6 Å². The lowest BCUT2D eigenvalue weighted by Gasteiger charge is -2.13. The van der Waals surface area contributed by atoms with Crippen molar-refractivity contribution in [1.29, 1.82) is 0 Å². The topological polar surface area (TPSA) is 78.6 Å². The zero-order valence-corrected chi connectivity index (χ0v) is 8.65. The number of rotatable bonds is 0. The van der Waals surface area contributed by atoms with Gasteiger partial charge in [-0.25, -0.2) is 9.59 Å². The number of fused-ring (bicyclic) bond motifs is 1. The fourth-order valence-electron chi connectivity index (χ4n) is 1.14. The van der Waals surface area contributed by atoms with Gasteiger partial charge in [0.25, 0.3) is 0 Å². The van der Waals surface area contributed by atoms with Gasteiger partial charge in [0.2, 0.25) is 0 Å². The van der Waals surface area contributed by atoms with E-state index in [-0.39, 0.29) is 22.2 Å². The number of hydrogen-bond acceptors (Lipinski definition) is 5. The number of benzene rings is 1. The molecule has 6 heteroatoms. The second-order valence-electron chi connectivity index (χ2n) is 2.97. The van der Waals surface area contributed by atoms with Gasteiger partial charge in [0, 0.05) is 12.2 Å². The summed E-state index contributed by atoms with van der Waals surface area (Å²) in [5.74, 6) is -1.39. The van der Waals surface area contributed by atoms with E-state index in [0.29, 0.717) is 0 Å². The van der Waals surface area contributed by atoms with Crippen molar-refractivity contribution in [3.8, 4) is 11.5 Å². The molecule has 5 nitrogen and oxygen atoms in total. The number of carbonyl (C=O) groups is 2. The molecule has 0 bridgehead atoms. The van der Waals surface area contributed by atoms with E-state index in [1.165, 1.54) is 12.1 Å². The summed E-state index contributed by atoms with van der Waals surface area (Å²) in [6.07, 6.45) is 1.92. The molecule has 1 aliphatic rings. The van der Waals surface area contributed by atoms with Crippen LogP contribution < -0.4 is 15.2 Å². The first-order valence-electron chi connectivity index (χ1n) is 4.27. The van der Waals surface area contributed by atoms with Crippen LogP contribution in [0.2, 0.25) is 5.02 Å². The van der Waals surface area contributed by atoms with Crippen LogP contribution in [0.15, 0.2) is 24.3 Å². The normalized spacial score (nSPS) is 16.6. The fourth-order valence-corrected chi connectivity index (χ4v) is 1.34. The van der Waals surface area contributed by atoms with Crippen LogP contribution in [0.5, 0.6) is 11.5 Å². The van der Waals surface area contributed by atoms with E-state index in [9.17, 15) is 9.59 Å². The van der Waals surface area contributed by atoms with E-state index in [2.05, 4.69) is 0 Å². The van der Waals surface area contributed by atoms with Crippen molar-refractivity contribution in [2.45, 2.75) is 0 Å². The van der Waals surface area contributed by atoms with E-state index in [4.69, 9.17) is 26.8 Å². The van der Waals surface area contributed by atoms with Gasteiger partial charge >= 0.3 is 11.9 Å². The van der Waals surface area contributed by atoms with Crippen molar-refractivity contribution in [3.05, 3.63) is 29.3 Å². The zero-order chi connectivity index (χ0) is 11.7. The Bertz CT molecular complexity index is 510. The minimum absolute atomic E-state index is 0.0361. The summed E-state index contributed by atoms with van der Waals surface area (Å²) in [5.41, 5.74) is 5.76. The molecule has 0 amide bonds. The molecule has 1 aliphatic heterocycles. The second-order valence-corrected chi connectivity index (χ2v) is 3.35. The van der Waals surface area contributed by atoms with Crippen molar-refractivity contribution in [1.82, 2.24) is 0 Å². The minimum Gasteiger partial charge on any atom is -0.419 e. The maximum Gasteiger partial charge on any atom is 0.336 e. The Morgan fingerprint density at radius 2 is 1.69 bits per heavy atom. The lowest BCUT2D eigenvalue weighted by atomic mass is 10.2. The van der Waals surface area contributed by atoms with Gasteiger partial charge in [0.15, 0.2) is 11.5 Å². The van der Waals surface area contributed by atoms with Crippen molar-refractivity contribution in [3.63, 3.8) is 0 Å². The zero-order valence-electron chi connectivity index (χ0n) is 7.90. The predicted octanol–water partition coefficient (Wildman–Crippen LogP) is 1.30. The third-order valence-electron chi connectivity index (χ3n) is 1.86. The molecule has 1 heterocycles. The van der Waals surface area contributed by atoms with E-state index < -0.39 is 11.9 Å². The minimum atomic E-state index is -0.717. The molecular formula is C10H6ClNO4. The molecule has 0 saturated heterocycles. The van der Waals surface area contributed by atoms with E-state index >= 15 is 0 Å². The van der Waals surface area contributed by atoms with Crippen LogP contribution in [0, 0.1) is 0 Å². The Morgan fingerprint density at radius 1 is 1.06 bits per heavy atom. The summed E-state index contributed by atoms with van der Waals surface area (Å²) in [7, 11) is 0. The Balaban J connectivity index is 2.56. The molecule has 82 valence electrons. The summed E-state index contributed by atoms with van der Waals surface area (Å²) in [6, 6.07) is 2.86. The molecule has 1 aromatic carbocycles. The van der Waals surface area contributed by atoms with Crippen LogP contribution in [0.4, 0.5) is 5.69 Å². The predicted molar refractivity (Wildman–Crippen MR) is 56.3 cm³/mol. The number of carbonyl (C=O) groups excluding carboxylic acids is 2. The van der Waals surface area contributed by atoms with Gasteiger partial charge in [0.05, 0.1) is 5.69 Å². The highest BCUT2D eigenvalue weighted by atomic mass is 35.5. The van der Waals surface area contributed by atoms with Gasteiger partial charge in [-0.15, -0.1) is 0 Å². The molecule has 0 aromatic heterocycles. The molecule has 0 fully saturated rings. The molecule has 16 heavy (non-hydrogen) atoms. The molecule has 1 aromatic rings. The van der Waals surface area contributed by atoms with Crippen LogP contribution in [0.3, 0.4) is 0 Å². The van der Waals surface area contributed by atoms with Crippen molar-refractivity contribution >= 4 is 29.2 Å². The maximum absolute atomic E-state index is 11.2. The Labute approximate surface area is 95.4 Å². The first-order valence-corrected chi connectivity index (χ1v) is 4.65. The maximum atomic E-state index is 11.2. The molecule has 0 saturated carbocycles. The van der Waals surface area contributed by atoms with Crippen LogP contribution in [-0.4, -0.2) is 11.9 Å². The largest absolute Gasteiger partial charge is 0.419 e. The van der Waals surface area contributed by atoms with Crippen LogP contribution in [0.25, 0.3) is 0 Å². The lowest BCUT2D eigenvalue weighted by Crippen LogP contribution is -2.14. The molecule has 2 rings (SSSR count). The van der Waals surface area contributed by atoms with Crippen LogP contribution in [-0.2, 0) is 9.59 Å². The SMILES string of the molecule is Nc1ccc2c(c1Cl)OC(=O)/C=C\C(=O)O2. The average molecular weight is 240 g/mol. The Hall–Kier alpha value is -2.01. The van der Waals surface area contributed by atoms with E-state index in [0.717, 1.165) is 12.2 Å². The standard InChI is InChI=1S/C10H6ClNO4/c11-9-5(12)1-2-6-10(9)16-8(14)4-3-7(13)15-6/h1-4H,12H2/b4-3-. The monoisotopic (exact) mass is 239 g/mol. The van der Waals surface area contributed by atoms with Gasteiger partial charge in [0.1, 0.15) is 5.02 Å². The summed E-state index contributed by atoms with van der Waals surface area (Å²) in [5, 5.41) is 0.0361. The number of esters is 2. The number of anilines is 1. The molecule has 0 atom stereocenters. The second kappa shape index (κ2) is 3.86. The number of nitrogen functional groups attached to an aromatic ring is 1. The summed E-state index contributed by atoms with van der Waals surface area (Å²) in [6.45, 7) is 0. The number of nitrogens with two attached hydrogens (primary N) is 1. The van der Waals surface area contributed by atoms with Gasteiger partial charge in [-0.3, -0.25) is 0 Å². The van der Waals surface area contributed by atoms with Crippen molar-refractivity contribution in [2.75, 3.05) is 5.73 Å². The number of hydrogen-bond donors (Lipinski definition) is 1. The molecular weight excluding hydrogens is 234 g/mol. The fraction of sp³-hybridized carbons (Fsp3) is 0. The van der Waals surface area contributed by atoms with Crippen molar-refractivity contribution < 1.29 is 19.1 Å². The molecule has 0 radical (unpaired) electrons. The highest BCUT2D eigenvalue weighted by Gasteiger charge is 2.19. The van der Waals surface area contributed by atoms with E-state index in [1.54, 1.807) is 0 Å². The van der Waals surface area contributed by atoms with Gasteiger partial charge in [-0.1, -0.05) is 11.6 Å². The highest BCUT2D eigenvalue weighted by molar-refractivity contribution is 6.35. The van der Waals surface area contributed by atoms with Gasteiger partial charge < -0.3 is 15.2 Å². The smallest absolute Gasteiger partial charge is 0.336 e.